The van der Waals surface area contributed by atoms with Crippen molar-refractivity contribution in [1.29, 1.82) is 5.26 Å². The van der Waals surface area contributed by atoms with E-state index in [9.17, 15) is 4.91 Å². The number of nitrogens with zero attached hydrogens (tertiary/aromatic N) is 3. The average molecular weight is 238 g/mol. The molecule has 0 saturated carbocycles. The van der Waals surface area contributed by atoms with E-state index in [4.69, 9.17) is 5.26 Å². The molecule has 5 heteroatoms. The van der Waals surface area contributed by atoms with Gasteiger partial charge in [0.2, 0.25) is 0 Å². The average Bonchev–Trinajstić information content (AvgIpc) is 2.38. The van der Waals surface area contributed by atoms with E-state index >= 15 is 0 Å². The monoisotopic (exact) mass is 238 g/mol. The van der Waals surface area contributed by atoms with Gasteiger partial charge in [-0.1, -0.05) is 0 Å². The van der Waals surface area contributed by atoms with Gasteiger partial charge in [-0.15, -0.1) is 4.91 Å². The number of nitroso groups, excluding NO2 is 1. The van der Waals surface area contributed by atoms with Crippen LogP contribution in [0.4, 0.5) is 17.2 Å². The fourth-order valence-corrected chi connectivity index (χ4v) is 1.61. The molecule has 1 aromatic carbocycles. The van der Waals surface area contributed by atoms with Gasteiger partial charge >= 0.3 is 0 Å². The van der Waals surface area contributed by atoms with E-state index in [0.717, 1.165) is 11.3 Å². The second kappa shape index (κ2) is 5.06. The predicted octanol–water partition coefficient (Wildman–Crippen LogP) is 3.40. The summed E-state index contributed by atoms with van der Waals surface area (Å²) >= 11 is 0. The van der Waals surface area contributed by atoms with Crippen LogP contribution in [0.5, 0.6) is 0 Å². The summed E-state index contributed by atoms with van der Waals surface area (Å²) in [6, 6.07) is 10.6. The van der Waals surface area contributed by atoms with Crippen LogP contribution in [0.25, 0.3) is 0 Å². The van der Waals surface area contributed by atoms with Gasteiger partial charge in [0, 0.05) is 18.0 Å². The lowest BCUT2D eigenvalue weighted by molar-refractivity contribution is 1.29. The number of hydrogen-bond donors (Lipinski definition) is 1. The van der Waals surface area contributed by atoms with Crippen LogP contribution >= 0.6 is 0 Å². The molecule has 0 aliphatic rings. The molecule has 0 amide bonds. The van der Waals surface area contributed by atoms with Crippen molar-refractivity contribution >= 4 is 17.2 Å². The zero-order chi connectivity index (χ0) is 13.0. The van der Waals surface area contributed by atoms with Gasteiger partial charge < -0.3 is 5.32 Å². The van der Waals surface area contributed by atoms with Gasteiger partial charge in [-0.2, -0.15) is 5.26 Å². The van der Waals surface area contributed by atoms with Crippen molar-refractivity contribution < 1.29 is 0 Å². The number of hydrogen-bond acceptors (Lipinski definition) is 5. The number of aryl methyl sites for hydroxylation is 1. The standard InChI is InChI=1S/C13H10N4O/c1-9-4-10(8-14)6-12(5-9)16-13-7-11(17-18)2-3-15-13/h2-7H,1H3,(H,15,16). The third-order valence-corrected chi connectivity index (χ3v) is 2.33. The first-order valence-electron chi connectivity index (χ1n) is 5.29. The topological polar surface area (TPSA) is 78.1 Å². The Morgan fingerprint density at radius 1 is 1.33 bits per heavy atom. The highest BCUT2D eigenvalue weighted by atomic mass is 16.3. The second-order valence-corrected chi connectivity index (χ2v) is 3.82. The normalized spacial score (nSPS) is 9.56. The molecule has 1 aromatic heterocycles. The number of nitrogens with one attached hydrogen (secondary N) is 1. The molecule has 2 rings (SSSR count). The van der Waals surface area contributed by atoms with Crippen LogP contribution in [0.1, 0.15) is 11.1 Å². The highest BCUT2D eigenvalue weighted by Crippen LogP contribution is 2.21. The van der Waals surface area contributed by atoms with E-state index in [2.05, 4.69) is 21.5 Å². The smallest absolute Gasteiger partial charge is 0.132 e. The van der Waals surface area contributed by atoms with Crippen LogP contribution in [0.3, 0.4) is 0 Å². The van der Waals surface area contributed by atoms with Gasteiger partial charge in [-0.05, 0) is 41.9 Å². The van der Waals surface area contributed by atoms with Crippen LogP contribution in [0.2, 0.25) is 0 Å². The molecule has 2 aromatic rings. The molecule has 0 bridgehead atoms. The molecule has 1 N–H and O–H groups in total. The predicted molar refractivity (Wildman–Crippen MR) is 68.9 cm³/mol. The van der Waals surface area contributed by atoms with Crippen molar-refractivity contribution in [1.82, 2.24) is 4.98 Å². The maximum atomic E-state index is 10.4. The number of nitriles is 1. The third-order valence-electron chi connectivity index (χ3n) is 2.33. The number of pyridine rings is 1. The van der Waals surface area contributed by atoms with E-state index in [1.54, 1.807) is 18.2 Å². The summed E-state index contributed by atoms with van der Waals surface area (Å²) in [6.07, 6.45) is 1.50. The first-order valence-corrected chi connectivity index (χ1v) is 5.29. The van der Waals surface area contributed by atoms with Crippen LogP contribution in [-0.2, 0) is 0 Å². The van der Waals surface area contributed by atoms with Gasteiger partial charge in [0.1, 0.15) is 11.5 Å². The van der Waals surface area contributed by atoms with Gasteiger partial charge in [-0.3, -0.25) is 0 Å². The van der Waals surface area contributed by atoms with E-state index in [0.29, 0.717) is 17.1 Å². The van der Waals surface area contributed by atoms with Crippen LogP contribution in [0, 0.1) is 23.2 Å². The van der Waals surface area contributed by atoms with Gasteiger partial charge in [0.25, 0.3) is 0 Å². The van der Waals surface area contributed by atoms with Crippen molar-refractivity contribution in [3.05, 3.63) is 52.6 Å². The Labute approximate surface area is 104 Å². The molecule has 0 aliphatic heterocycles. The molecule has 0 fully saturated rings. The van der Waals surface area contributed by atoms with Crippen molar-refractivity contribution in [2.75, 3.05) is 5.32 Å². The molecular weight excluding hydrogens is 228 g/mol. The summed E-state index contributed by atoms with van der Waals surface area (Å²) in [4.78, 5) is 14.5. The second-order valence-electron chi connectivity index (χ2n) is 3.82. The molecule has 0 atom stereocenters. The molecule has 0 saturated heterocycles. The van der Waals surface area contributed by atoms with Crippen molar-refractivity contribution in [2.45, 2.75) is 6.92 Å². The summed E-state index contributed by atoms with van der Waals surface area (Å²) in [5.74, 6) is 0.515. The van der Waals surface area contributed by atoms with Gasteiger partial charge in [0.05, 0.1) is 11.6 Å². The lowest BCUT2D eigenvalue weighted by Gasteiger charge is -2.07. The lowest BCUT2D eigenvalue weighted by atomic mass is 10.1. The Kier molecular flexibility index (Phi) is 3.30. The van der Waals surface area contributed by atoms with E-state index < -0.39 is 0 Å². The van der Waals surface area contributed by atoms with Crippen LogP contribution in [0.15, 0.2) is 41.7 Å². The first-order chi connectivity index (χ1) is 8.71. The number of aromatic nitrogens is 1. The number of rotatable bonds is 3. The van der Waals surface area contributed by atoms with Crippen molar-refractivity contribution in [3.63, 3.8) is 0 Å². The lowest BCUT2D eigenvalue weighted by Crippen LogP contribution is -1.94. The minimum atomic E-state index is 0.306. The summed E-state index contributed by atoms with van der Waals surface area (Å²) in [5, 5.41) is 14.8. The van der Waals surface area contributed by atoms with Crippen LogP contribution in [-0.4, -0.2) is 4.98 Å². The summed E-state index contributed by atoms with van der Waals surface area (Å²) < 4.78 is 0. The maximum absolute atomic E-state index is 10.4. The molecular formula is C13H10N4O. The third kappa shape index (κ3) is 2.68. The maximum Gasteiger partial charge on any atom is 0.132 e. The fourth-order valence-electron chi connectivity index (χ4n) is 1.61. The Morgan fingerprint density at radius 3 is 2.89 bits per heavy atom. The van der Waals surface area contributed by atoms with Gasteiger partial charge in [0.15, 0.2) is 0 Å². The molecule has 88 valence electrons. The summed E-state index contributed by atoms with van der Waals surface area (Å²) in [5.41, 5.74) is 2.60. The van der Waals surface area contributed by atoms with Crippen LogP contribution < -0.4 is 5.32 Å². The molecule has 5 nitrogen and oxygen atoms in total. The summed E-state index contributed by atoms with van der Waals surface area (Å²) in [6.45, 7) is 1.91. The van der Waals surface area contributed by atoms with Crippen molar-refractivity contribution in [2.24, 2.45) is 5.18 Å². The van der Waals surface area contributed by atoms with Gasteiger partial charge in [-0.25, -0.2) is 4.98 Å². The summed E-state index contributed by atoms with van der Waals surface area (Å²) in [7, 11) is 0. The Morgan fingerprint density at radius 2 is 2.17 bits per heavy atom. The highest BCUT2D eigenvalue weighted by molar-refractivity contribution is 5.62. The minimum Gasteiger partial charge on any atom is -0.340 e. The fraction of sp³-hybridized carbons (Fsp3) is 0.0769. The Bertz CT molecular complexity index is 631. The number of benzene rings is 1. The first kappa shape index (κ1) is 11.7. The zero-order valence-corrected chi connectivity index (χ0v) is 9.71. The number of anilines is 2. The Balaban J connectivity index is 2.31. The quantitative estimate of drug-likeness (QED) is 0.831. The molecule has 0 spiro atoms. The van der Waals surface area contributed by atoms with E-state index in [-0.39, 0.29) is 0 Å². The van der Waals surface area contributed by atoms with E-state index in [1.807, 2.05) is 13.0 Å². The zero-order valence-electron chi connectivity index (χ0n) is 9.71. The van der Waals surface area contributed by atoms with E-state index in [1.165, 1.54) is 12.3 Å². The molecule has 0 aliphatic carbocycles. The molecule has 18 heavy (non-hydrogen) atoms. The SMILES string of the molecule is Cc1cc(C#N)cc(Nc2cc(N=O)ccn2)c1. The molecule has 0 unspecified atom stereocenters. The Hall–Kier alpha value is -2.74. The minimum absolute atomic E-state index is 0.306. The largest absolute Gasteiger partial charge is 0.340 e. The van der Waals surface area contributed by atoms with Crippen molar-refractivity contribution in [3.8, 4) is 6.07 Å². The molecule has 0 radical (unpaired) electrons. The highest BCUT2D eigenvalue weighted by Gasteiger charge is 2.01. The molecule has 1 heterocycles.